The van der Waals surface area contributed by atoms with Crippen LogP contribution in [0.25, 0.3) is 0 Å². The number of halogens is 1. The molecule has 1 fully saturated rings. The van der Waals surface area contributed by atoms with Gasteiger partial charge in [0.2, 0.25) is 0 Å². The molecule has 2 aliphatic heterocycles. The van der Waals surface area contributed by atoms with E-state index in [0.717, 1.165) is 18.3 Å². The molecule has 2 nitrogen and oxygen atoms in total. The van der Waals surface area contributed by atoms with Crippen LogP contribution in [0.15, 0.2) is 18.2 Å². The predicted octanol–water partition coefficient (Wildman–Crippen LogP) is 3.40. The van der Waals surface area contributed by atoms with Crippen molar-refractivity contribution in [3.05, 3.63) is 29.3 Å². The van der Waals surface area contributed by atoms with Gasteiger partial charge in [-0.15, -0.1) is 12.4 Å². The minimum absolute atomic E-state index is 0. The summed E-state index contributed by atoms with van der Waals surface area (Å²) in [6.45, 7) is 7.06. The number of hydrogen-bond acceptors (Lipinski definition) is 3. The summed E-state index contributed by atoms with van der Waals surface area (Å²) in [6.07, 6.45) is 2.52. The van der Waals surface area contributed by atoms with E-state index in [0.29, 0.717) is 0 Å². The SMILES string of the molecule is CC1CCN(Cc2cccc3c2NCC3)CCS1.Cl. The Balaban J connectivity index is 0.00000133. The number of anilines is 1. The van der Waals surface area contributed by atoms with Gasteiger partial charge in [-0.2, -0.15) is 11.8 Å². The standard InChI is InChI=1S/C15H22N2S.ClH/c1-12-6-8-17(9-10-18-12)11-14-4-2-3-13-5-7-16-15(13)14;/h2-4,12,16H,5-11H2,1H3;1H. The summed E-state index contributed by atoms with van der Waals surface area (Å²) in [5.41, 5.74) is 4.41. The molecule has 0 spiro atoms. The number of nitrogens with zero attached hydrogens (tertiary/aromatic N) is 1. The van der Waals surface area contributed by atoms with Crippen LogP contribution in [0.3, 0.4) is 0 Å². The predicted molar refractivity (Wildman–Crippen MR) is 87.7 cm³/mol. The van der Waals surface area contributed by atoms with Gasteiger partial charge in [-0.1, -0.05) is 25.1 Å². The largest absolute Gasteiger partial charge is 0.384 e. The van der Waals surface area contributed by atoms with E-state index in [2.05, 4.69) is 47.1 Å². The highest BCUT2D eigenvalue weighted by atomic mass is 35.5. The summed E-state index contributed by atoms with van der Waals surface area (Å²) in [4.78, 5) is 2.62. The molecule has 0 bridgehead atoms. The first-order valence-corrected chi connectivity index (χ1v) is 8.06. The van der Waals surface area contributed by atoms with Crippen LogP contribution in [0, 0.1) is 0 Å². The van der Waals surface area contributed by atoms with Crippen LogP contribution in [0.5, 0.6) is 0 Å². The average molecular weight is 299 g/mol. The molecule has 0 saturated carbocycles. The van der Waals surface area contributed by atoms with Crippen LogP contribution in [0.4, 0.5) is 5.69 Å². The number of benzene rings is 1. The van der Waals surface area contributed by atoms with Crippen LogP contribution in [0.1, 0.15) is 24.5 Å². The zero-order chi connectivity index (χ0) is 12.4. The van der Waals surface area contributed by atoms with Crippen molar-refractivity contribution in [2.45, 2.75) is 31.6 Å². The Labute approximate surface area is 126 Å². The molecule has 0 aliphatic carbocycles. The molecule has 0 amide bonds. The topological polar surface area (TPSA) is 15.3 Å². The molecule has 1 aromatic carbocycles. The fourth-order valence-electron chi connectivity index (χ4n) is 2.88. The molecule has 0 radical (unpaired) electrons. The Hall–Kier alpha value is -0.380. The molecule has 0 aromatic heterocycles. The maximum absolute atomic E-state index is 3.55. The minimum atomic E-state index is 0. The van der Waals surface area contributed by atoms with Crippen molar-refractivity contribution in [3.63, 3.8) is 0 Å². The average Bonchev–Trinajstić information content (AvgIpc) is 2.76. The quantitative estimate of drug-likeness (QED) is 0.901. The lowest BCUT2D eigenvalue weighted by molar-refractivity contribution is 0.284. The van der Waals surface area contributed by atoms with Crippen molar-refractivity contribution in [3.8, 4) is 0 Å². The van der Waals surface area contributed by atoms with Gasteiger partial charge < -0.3 is 5.32 Å². The molecule has 106 valence electrons. The summed E-state index contributed by atoms with van der Waals surface area (Å²) in [7, 11) is 0. The Morgan fingerprint density at radius 3 is 3.16 bits per heavy atom. The molecule has 1 unspecified atom stereocenters. The minimum Gasteiger partial charge on any atom is -0.384 e. The van der Waals surface area contributed by atoms with Gasteiger partial charge >= 0.3 is 0 Å². The van der Waals surface area contributed by atoms with Gasteiger partial charge in [-0.25, -0.2) is 0 Å². The zero-order valence-corrected chi connectivity index (χ0v) is 13.2. The number of rotatable bonds is 2. The van der Waals surface area contributed by atoms with E-state index >= 15 is 0 Å². The third-order valence-corrected chi connectivity index (χ3v) is 5.21. The molecule has 1 N–H and O–H groups in total. The Morgan fingerprint density at radius 1 is 1.37 bits per heavy atom. The number of thioether (sulfide) groups is 1. The first kappa shape index (κ1) is 15.0. The van der Waals surface area contributed by atoms with Gasteiger partial charge in [-0.05, 0) is 30.5 Å². The molecule has 2 heterocycles. The fourth-order valence-corrected chi connectivity index (χ4v) is 3.92. The smallest absolute Gasteiger partial charge is 0.0419 e. The highest BCUT2D eigenvalue weighted by Crippen LogP contribution is 2.28. The summed E-state index contributed by atoms with van der Waals surface area (Å²) in [6, 6.07) is 6.77. The van der Waals surface area contributed by atoms with Gasteiger partial charge in [0.15, 0.2) is 0 Å². The number of hydrogen-bond donors (Lipinski definition) is 1. The lowest BCUT2D eigenvalue weighted by Crippen LogP contribution is -2.26. The Bertz CT molecular complexity index is 425. The second kappa shape index (κ2) is 6.87. The van der Waals surface area contributed by atoms with E-state index in [1.807, 2.05) is 0 Å². The molecule has 3 rings (SSSR count). The molecule has 1 aromatic rings. The summed E-state index contributed by atoms with van der Waals surface area (Å²) >= 11 is 2.12. The van der Waals surface area contributed by atoms with Gasteiger partial charge in [0.05, 0.1) is 0 Å². The third-order valence-electron chi connectivity index (χ3n) is 3.99. The highest BCUT2D eigenvalue weighted by molar-refractivity contribution is 7.99. The second-order valence-electron chi connectivity index (χ2n) is 5.37. The van der Waals surface area contributed by atoms with E-state index in [4.69, 9.17) is 0 Å². The Morgan fingerprint density at radius 2 is 2.26 bits per heavy atom. The van der Waals surface area contributed by atoms with E-state index < -0.39 is 0 Å². The number of para-hydroxylation sites is 1. The Kier molecular flexibility index (Phi) is 5.43. The van der Waals surface area contributed by atoms with Gasteiger partial charge in [0, 0.05) is 36.3 Å². The summed E-state index contributed by atoms with van der Waals surface area (Å²) < 4.78 is 0. The van der Waals surface area contributed by atoms with E-state index in [1.165, 1.54) is 48.5 Å². The maximum atomic E-state index is 3.55. The second-order valence-corrected chi connectivity index (χ2v) is 6.92. The van der Waals surface area contributed by atoms with E-state index in [9.17, 15) is 0 Å². The number of nitrogens with one attached hydrogen (secondary N) is 1. The molecular weight excluding hydrogens is 276 g/mol. The van der Waals surface area contributed by atoms with Crippen molar-refractivity contribution in [1.82, 2.24) is 4.90 Å². The first-order chi connectivity index (χ1) is 8.83. The molecule has 1 saturated heterocycles. The fraction of sp³-hybridized carbons (Fsp3) is 0.600. The van der Waals surface area contributed by atoms with Crippen LogP contribution in [0.2, 0.25) is 0 Å². The highest BCUT2D eigenvalue weighted by Gasteiger charge is 2.18. The van der Waals surface area contributed by atoms with Crippen LogP contribution >= 0.6 is 24.2 Å². The molecule has 1 atom stereocenters. The van der Waals surface area contributed by atoms with E-state index in [-0.39, 0.29) is 12.4 Å². The van der Waals surface area contributed by atoms with Crippen molar-refractivity contribution < 1.29 is 0 Å². The maximum Gasteiger partial charge on any atom is 0.0419 e. The van der Waals surface area contributed by atoms with Crippen molar-refractivity contribution in [2.24, 2.45) is 0 Å². The summed E-state index contributed by atoms with van der Waals surface area (Å²) in [5.74, 6) is 1.28. The first-order valence-electron chi connectivity index (χ1n) is 7.01. The monoisotopic (exact) mass is 298 g/mol. The lowest BCUT2D eigenvalue weighted by atomic mass is 10.1. The van der Waals surface area contributed by atoms with Crippen molar-refractivity contribution >= 4 is 29.9 Å². The lowest BCUT2D eigenvalue weighted by Gasteiger charge is -2.21. The van der Waals surface area contributed by atoms with Crippen LogP contribution < -0.4 is 5.32 Å². The van der Waals surface area contributed by atoms with Crippen molar-refractivity contribution in [2.75, 3.05) is 30.7 Å². The van der Waals surface area contributed by atoms with Crippen molar-refractivity contribution in [1.29, 1.82) is 0 Å². The van der Waals surface area contributed by atoms with Crippen LogP contribution in [-0.4, -0.2) is 35.5 Å². The zero-order valence-electron chi connectivity index (χ0n) is 11.5. The number of fused-ring (bicyclic) bond motifs is 1. The molecule has 19 heavy (non-hydrogen) atoms. The molecule has 4 heteroatoms. The van der Waals surface area contributed by atoms with Gasteiger partial charge in [0.25, 0.3) is 0 Å². The van der Waals surface area contributed by atoms with Gasteiger partial charge in [0.1, 0.15) is 0 Å². The summed E-state index contributed by atoms with van der Waals surface area (Å²) in [5, 5.41) is 4.38. The molecule has 2 aliphatic rings. The molecular formula is C15H23ClN2S. The van der Waals surface area contributed by atoms with Gasteiger partial charge in [-0.3, -0.25) is 4.90 Å². The normalized spacial score (nSPS) is 23.1. The third kappa shape index (κ3) is 3.59. The van der Waals surface area contributed by atoms with E-state index in [1.54, 1.807) is 0 Å². The van der Waals surface area contributed by atoms with Crippen LogP contribution in [-0.2, 0) is 13.0 Å².